The lowest BCUT2D eigenvalue weighted by Crippen LogP contribution is -2.40. The van der Waals surface area contributed by atoms with Crippen LogP contribution in [0.2, 0.25) is 0 Å². The summed E-state index contributed by atoms with van der Waals surface area (Å²) in [6.45, 7) is 5.83. The van der Waals surface area contributed by atoms with Gasteiger partial charge in [0, 0.05) is 18.6 Å². The molecular weight excluding hydrogens is 264 g/mol. The molecule has 0 bridgehead atoms. The predicted molar refractivity (Wildman–Crippen MR) is 85.4 cm³/mol. The number of nitrogens with zero attached hydrogens (tertiary/aromatic N) is 1. The summed E-state index contributed by atoms with van der Waals surface area (Å²) in [5.74, 6) is 0.861. The SMILES string of the molecule is COc1cccc(C(C(C)N)N2CCCC(C)(O)CC2)c1. The Morgan fingerprint density at radius 3 is 2.76 bits per heavy atom. The molecule has 3 atom stereocenters. The van der Waals surface area contributed by atoms with Crippen LogP contribution in [0.25, 0.3) is 0 Å². The molecule has 0 aliphatic carbocycles. The van der Waals surface area contributed by atoms with E-state index in [4.69, 9.17) is 10.5 Å². The van der Waals surface area contributed by atoms with Crippen molar-refractivity contribution in [1.82, 2.24) is 4.90 Å². The second-order valence-electron chi connectivity index (χ2n) is 6.47. The minimum Gasteiger partial charge on any atom is -0.497 e. The van der Waals surface area contributed by atoms with Crippen LogP contribution in [0.4, 0.5) is 0 Å². The molecule has 4 heteroatoms. The van der Waals surface area contributed by atoms with Gasteiger partial charge in [-0.05, 0) is 57.4 Å². The van der Waals surface area contributed by atoms with Crippen molar-refractivity contribution in [3.8, 4) is 5.75 Å². The van der Waals surface area contributed by atoms with E-state index in [9.17, 15) is 5.11 Å². The third kappa shape index (κ3) is 4.19. The Morgan fingerprint density at radius 2 is 2.10 bits per heavy atom. The smallest absolute Gasteiger partial charge is 0.119 e. The first-order valence-corrected chi connectivity index (χ1v) is 7.79. The van der Waals surface area contributed by atoms with E-state index in [1.54, 1.807) is 7.11 Å². The summed E-state index contributed by atoms with van der Waals surface area (Å²) < 4.78 is 5.33. The molecule has 0 aromatic heterocycles. The monoisotopic (exact) mass is 292 g/mol. The second kappa shape index (κ2) is 6.77. The summed E-state index contributed by atoms with van der Waals surface area (Å²) in [6, 6.07) is 8.33. The lowest BCUT2D eigenvalue weighted by atomic mass is 9.97. The lowest BCUT2D eigenvalue weighted by molar-refractivity contribution is 0.0424. The maximum atomic E-state index is 10.3. The number of hydrogen-bond acceptors (Lipinski definition) is 4. The third-order valence-electron chi connectivity index (χ3n) is 4.43. The van der Waals surface area contributed by atoms with Gasteiger partial charge in [-0.1, -0.05) is 12.1 Å². The maximum Gasteiger partial charge on any atom is 0.119 e. The van der Waals surface area contributed by atoms with E-state index in [0.717, 1.165) is 38.1 Å². The van der Waals surface area contributed by atoms with Crippen molar-refractivity contribution in [2.45, 2.75) is 50.8 Å². The Labute approximate surface area is 127 Å². The van der Waals surface area contributed by atoms with Crippen molar-refractivity contribution in [1.29, 1.82) is 0 Å². The summed E-state index contributed by atoms with van der Waals surface area (Å²) >= 11 is 0. The number of benzene rings is 1. The van der Waals surface area contributed by atoms with Crippen molar-refractivity contribution in [3.05, 3.63) is 29.8 Å². The molecule has 0 amide bonds. The van der Waals surface area contributed by atoms with Crippen LogP contribution in [-0.4, -0.2) is 41.8 Å². The quantitative estimate of drug-likeness (QED) is 0.894. The van der Waals surface area contributed by atoms with Gasteiger partial charge in [-0.15, -0.1) is 0 Å². The molecule has 4 nitrogen and oxygen atoms in total. The predicted octanol–water partition coefficient (Wildman–Crippen LogP) is 2.32. The Balaban J connectivity index is 2.22. The number of aliphatic hydroxyl groups is 1. The van der Waals surface area contributed by atoms with Gasteiger partial charge >= 0.3 is 0 Å². The van der Waals surface area contributed by atoms with Gasteiger partial charge in [0.25, 0.3) is 0 Å². The average molecular weight is 292 g/mol. The van der Waals surface area contributed by atoms with E-state index in [2.05, 4.69) is 17.0 Å². The number of rotatable bonds is 4. The minimum absolute atomic E-state index is 0.0279. The second-order valence-corrected chi connectivity index (χ2v) is 6.47. The van der Waals surface area contributed by atoms with Crippen molar-refractivity contribution < 1.29 is 9.84 Å². The third-order valence-corrected chi connectivity index (χ3v) is 4.43. The fraction of sp³-hybridized carbons (Fsp3) is 0.647. The van der Waals surface area contributed by atoms with Crippen LogP contribution < -0.4 is 10.5 Å². The van der Waals surface area contributed by atoms with Crippen LogP contribution in [0.1, 0.15) is 44.7 Å². The summed E-state index contributed by atoms with van der Waals surface area (Å²) in [5, 5.41) is 10.3. The molecule has 2 rings (SSSR count). The van der Waals surface area contributed by atoms with Gasteiger partial charge in [0.15, 0.2) is 0 Å². The Bertz CT molecular complexity index is 460. The Kier molecular flexibility index (Phi) is 5.25. The van der Waals surface area contributed by atoms with E-state index < -0.39 is 5.60 Å². The van der Waals surface area contributed by atoms with E-state index in [1.165, 1.54) is 5.56 Å². The fourth-order valence-corrected chi connectivity index (χ4v) is 3.23. The van der Waals surface area contributed by atoms with Crippen molar-refractivity contribution in [2.24, 2.45) is 5.73 Å². The molecular formula is C17H28N2O2. The summed E-state index contributed by atoms with van der Waals surface area (Å²) in [5.41, 5.74) is 6.90. The first-order chi connectivity index (χ1) is 9.93. The summed E-state index contributed by atoms with van der Waals surface area (Å²) in [6.07, 6.45) is 2.65. The van der Waals surface area contributed by atoms with Crippen LogP contribution in [0, 0.1) is 0 Å². The van der Waals surface area contributed by atoms with Crippen LogP contribution in [0.3, 0.4) is 0 Å². The topological polar surface area (TPSA) is 58.7 Å². The van der Waals surface area contributed by atoms with E-state index in [0.29, 0.717) is 0 Å². The molecule has 1 aromatic rings. The molecule has 0 saturated carbocycles. The fourth-order valence-electron chi connectivity index (χ4n) is 3.23. The number of likely N-dealkylation sites (tertiary alicyclic amines) is 1. The highest BCUT2D eigenvalue weighted by Gasteiger charge is 2.30. The van der Waals surface area contributed by atoms with Gasteiger partial charge < -0.3 is 15.6 Å². The van der Waals surface area contributed by atoms with Crippen molar-refractivity contribution >= 4 is 0 Å². The number of hydrogen-bond donors (Lipinski definition) is 2. The zero-order chi connectivity index (χ0) is 15.5. The minimum atomic E-state index is -0.550. The van der Waals surface area contributed by atoms with Gasteiger partial charge in [0.2, 0.25) is 0 Å². The first kappa shape index (κ1) is 16.3. The zero-order valence-electron chi connectivity index (χ0n) is 13.4. The number of nitrogens with two attached hydrogens (primary N) is 1. The highest BCUT2D eigenvalue weighted by atomic mass is 16.5. The van der Waals surface area contributed by atoms with Crippen LogP contribution in [0.5, 0.6) is 5.75 Å². The van der Waals surface area contributed by atoms with E-state index >= 15 is 0 Å². The summed E-state index contributed by atoms with van der Waals surface area (Å²) in [7, 11) is 1.68. The number of ether oxygens (including phenoxy) is 1. The normalized spacial score (nSPS) is 26.9. The molecule has 21 heavy (non-hydrogen) atoms. The molecule has 1 aliphatic heterocycles. The molecule has 1 heterocycles. The molecule has 1 aromatic carbocycles. The van der Waals surface area contributed by atoms with Crippen molar-refractivity contribution in [3.63, 3.8) is 0 Å². The lowest BCUT2D eigenvalue weighted by Gasteiger charge is -2.34. The molecule has 1 aliphatic rings. The van der Waals surface area contributed by atoms with Crippen LogP contribution in [0.15, 0.2) is 24.3 Å². The Hall–Kier alpha value is -1.10. The standard InChI is InChI=1S/C17H28N2O2/c1-13(18)16(14-6-4-7-15(12-14)21-3)19-10-5-8-17(2,20)9-11-19/h4,6-7,12-13,16,20H,5,8-11,18H2,1-3H3. The van der Waals surface area contributed by atoms with Crippen molar-refractivity contribution in [2.75, 3.05) is 20.2 Å². The molecule has 3 N–H and O–H groups in total. The summed E-state index contributed by atoms with van der Waals surface area (Å²) in [4.78, 5) is 2.40. The highest BCUT2D eigenvalue weighted by Crippen LogP contribution is 2.31. The van der Waals surface area contributed by atoms with Crippen LogP contribution >= 0.6 is 0 Å². The van der Waals surface area contributed by atoms with Gasteiger partial charge in [-0.2, -0.15) is 0 Å². The molecule has 1 saturated heterocycles. The highest BCUT2D eigenvalue weighted by molar-refractivity contribution is 5.31. The maximum absolute atomic E-state index is 10.3. The van der Waals surface area contributed by atoms with Gasteiger partial charge in [-0.25, -0.2) is 0 Å². The molecule has 0 spiro atoms. The zero-order valence-corrected chi connectivity index (χ0v) is 13.4. The van der Waals surface area contributed by atoms with Gasteiger partial charge in [0.05, 0.1) is 12.7 Å². The van der Waals surface area contributed by atoms with Gasteiger partial charge in [0.1, 0.15) is 5.75 Å². The average Bonchev–Trinajstić information content (AvgIpc) is 2.60. The number of methoxy groups -OCH3 is 1. The largest absolute Gasteiger partial charge is 0.497 e. The molecule has 118 valence electrons. The van der Waals surface area contributed by atoms with E-state index in [1.807, 2.05) is 26.0 Å². The Morgan fingerprint density at radius 1 is 1.33 bits per heavy atom. The van der Waals surface area contributed by atoms with Crippen LogP contribution in [-0.2, 0) is 0 Å². The molecule has 3 unspecified atom stereocenters. The van der Waals surface area contributed by atoms with E-state index in [-0.39, 0.29) is 12.1 Å². The first-order valence-electron chi connectivity index (χ1n) is 7.79. The molecule has 0 radical (unpaired) electrons. The van der Waals surface area contributed by atoms with Gasteiger partial charge in [-0.3, -0.25) is 4.90 Å². The molecule has 1 fully saturated rings.